The van der Waals surface area contributed by atoms with E-state index in [-0.39, 0.29) is 9.81 Å². The van der Waals surface area contributed by atoms with E-state index in [1.807, 2.05) is 0 Å². The van der Waals surface area contributed by atoms with Crippen LogP contribution in [0, 0.1) is 0 Å². The Labute approximate surface area is 251 Å². The first kappa shape index (κ1) is 34.2. The molecule has 0 spiro atoms. The molecule has 1 aromatic rings. The summed E-state index contributed by atoms with van der Waals surface area (Å²) in [6.07, 6.45) is 5.13. The molecule has 0 aliphatic rings. The molecule has 0 heterocycles. The van der Waals surface area contributed by atoms with E-state index in [1.54, 1.807) is 0 Å². The van der Waals surface area contributed by atoms with Crippen LogP contribution in [0.4, 0.5) is 0 Å². The zero-order chi connectivity index (χ0) is 29.5. The van der Waals surface area contributed by atoms with E-state index in [0.29, 0.717) is 0 Å². The molecule has 0 atom stereocenters. The monoisotopic (exact) mass is 1130 g/mol. The first-order valence-electron chi connectivity index (χ1n) is 10.1. The van der Waals surface area contributed by atoms with Crippen molar-refractivity contribution in [2.45, 2.75) is 0 Å². The van der Waals surface area contributed by atoms with Crippen LogP contribution in [0.15, 0.2) is 94.1 Å². The number of benzene rings is 1. The molecule has 1 aromatic carbocycles. The number of carbonyl (C=O) groups is 6. The number of hydrogen-bond acceptors (Lipinski definition) is 12. The molecule has 0 saturated carbocycles. The van der Waals surface area contributed by atoms with Crippen LogP contribution >= 0.6 is 0 Å². The van der Waals surface area contributed by atoms with Crippen molar-refractivity contribution in [2.75, 3.05) is 0 Å². The van der Waals surface area contributed by atoms with E-state index in [1.165, 1.54) is 18.2 Å². The predicted molar refractivity (Wildman–Crippen MR) is 140 cm³/mol. The van der Waals surface area contributed by atoms with E-state index in [4.69, 9.17) is 16.9 Å². The van der Waals surface area contributed by atoms with E-state index in [2.05, 4.69) is 39.5 Å². The fourth-order valence-corrected chi connectivity index (χ4v) is 21.2. The Morgan fingerprint density at radius 3 is 0.692 bits per heavy atom. The van der Waals surface area contributed by atoms with Crippen LogP contribution in [0.25, 0.3) is 0 Å². The fraction of sp³-hybridized carbons (Fsp3) is 0. The van der Waals surface area contributed by atoms with Gasteiger partial charge in [0, 0.05) is 0 Å². The quantitative estimate of drug-likeness (QED) is 0.159. The van der Waals surface area contributed by atoms with Gasteiger partial charge in [-0.05, 0) is 0 Å². The van der Waals surface area contributed by atoms with Crippen LogP contribution in [0.5, 0.6) is 0 Å². The predicted octanol–water partition coefficient (Wildman–Crippen LogP) is -0.853. The van der Waals surface area contributed by atoms with Gasteiger partial charge in [0.2, 0.25) is 0 Å². The molecular formula is C24H21Bi3O12. The molecule has 0 aromatic heterocycles. The maximum atomic E-state index is 12.0. The summed E-state index contributed by atoms with van der Waals surface area (Å²) in [5.41, 5.74) is 0. The van der Waals surface area contributed by atoms with Gasteiger partial charge in [-0.15, -0.1) is 0 Å². The Bertz CT molecular complexity index is 997. The van der Waals surface area contributed by atoms with E-state index in [0.717, 1.165) is 36.5 Å². The standard InChI is InChI=1S/C6H3.6C3H4O2.3Bi/c1-2-4-6-5-3-1;6*1-2-3(4)5;;;/h1,4-5H;6*2H,1H2,(H,4,5);;;/q;;;;;;;3*+2/p-6. The van der Waals surface area contributed by atoms with Gasteiger partial charge in [-0.3, -0.25) is 0 Å². The van der Waals surface area contributed by atoms with Crippen molar-refractivity contribution in [2.24, 2.45) is 0 Å². The normalized spacial score (nSPS) is 9.92. The molecule has 39 heavy (non-hydrogen) atoms. The third kappa shape index (κ3) is 11.8. The van der Waals surface area contributed by atoms with Gasteiger partial charge in [0.25, 0.3) is 0 Å². The minimum atomic E-state index is -4.29. The van der Waals surface area contributed by atoms with E-state index in [9.17, 15) is 28.8 Å². The van der Waals surface area contributed by atoms with E-state index >= 15 is 0 Å². The van der Waals surface area contributed by atoms with Gasteiger partial charge >= 0.3 is 253 Å². The number of rotatable bonds is 15. The summed E-state index contributed by atoms with van der Waals surface area (Å²) in [4.78, 5) is 72.2. The zero-order valence-electron chi connectivity index (χ0n) is 20.2. The van der Waals surface area contributed by atoms with Crippen LogP contribution in [-0.4, -0.2) is 104 Å². The van der Waals surface area contributed by atoms with Gasteiger partial charge in [-0.2, -0.15) is 0 Å². The van der Waals surface area contributed by atoms with Crippen molar-refractivity contribution in [1.29, 1.82) is 0 Å². The average Bonchev–Trinajstić information content (AvgIpc) is 2.94. The Balaban J connectivity index is 3.94. The van der Waals surface area contributed by atoms with Crippen LogP contribution < -0.4 is 9.81 Å². The van der Waals surface area contributed by atoms with Crippen LogP contribution in [-0.2, 0) is 45.6 Å². The molecule has 0 amide bonds. The Kier molecular flexibility index (Phi) is 15.5. The Morgan fingerprint density at radius 1 is 0.410 bits per heavy atom. The van der Waals surface area contributed by atoms with Crippen LogP contribution in [0.2, 0.25) is 0 Å². The third-order valence-electron chi connectivity index (χ3n) is 3.56. The van der Waals surface area contributed by atoms with Crippen molar-refractivity contribution >= 4 is 114 Å². The van der Waals surface area contributed by atoms with Crippen molar-refractivity contribution in [3.63, 3.8) is 0 Å². The molecule has 0 saturated heterocycles. The van der Waals surface area contributed by atoms with Gasteiger partial charge in [0.15, 0.2) is 0 Å². The molecule has 1 rings (SSSR count). The number of carbonyl (C=O) groups excluding carboxylic acids is 6. The van der Waals surface area contributed by atoms with Crippen molar-refractivity contribution in [3.8, 4) is 0 Å². The van der Waals surface area contributed by atoms with Gasteiger partial charge in [-0.1, -0.05) is 0 Å². The third-order valence-corrected chi connectivity index (χ3v) is 19.6. The molecule has 0 unspecified atom stereocenters. The average molecular weight is 1130 g/mol. The summed E-state index contributed by atoms with van der Waals surface area (Å²) < 4.78 is 32.5. The molecule has 15 heteroatoms. The first-order chi connectivity index (χ1) is 18.5. The summed E-state index contributed by atoms with van der Waals surface area (Å²) in [5.74, 6) is -5.40. The molecular weight excluding hydrogens is 1110 g/mol. The SMILES string of the molecule is C=CC(=O)[O][Bi]([O]C(=O)C=C)[c]1c[c]([Bi]([O]C(=O)C=C)[O]C(=O)C=C)c[c]([Bi]([O]C(=O)C=C)[O]C(=O)C=C)c1. The summed E-state index contributed by atoms with van der Waals surface area (Å²) in [6, 6.07) is 4.10. The molecule has 12 nitrogen and oxygen atoms in total. The van der Waals surface area contributed by atoms with Gasteiger partial charge in [0.1, 0.15) is 0 Å². The van der Waals surface area contributed by atoms with Crippen LogP contribution in [0.3, 0.4) is 0 Å². The first-order valence-corrected chi connectivity index (χ1v) is 23.9. The van der Waals surface area contributed by atoms with Gasteiger partial charge in [0.05, 0.1) is 0 Å². The topological polar surface area (TPSA) is 158 Å². The second kappa shape index (κ2) is 17.7. The molecule has 0 bridgehead atoms. The summed E-state index contributed by atoms with van der Waals surface area (Å²) in [6.45, 7) is 19.9. The second-order valence-electron chi connectivity index (χ2n) is 6.17. The molecule has 0 aliphatic heterocycles. The summed E-state index contributed by atoms with van der Waals surface area (Å²) >= 11 is -12.9. The van der Waals surface area contributed by atoms with Gasteiger partial charge in [-0.25, -0.2) is 0 Å². The second-order valence-corrected chi connectivity index (χ2v) is 22.4. The molecule has 0 N–H and O–H groups in total. The van der Waals surface area contributed by atoms with Gasteiger partial charge < -0.3 is 0 Å². The minimum absolute atomic E-state index is 0.136. The zero-order valence-corrected chi connectivity index (χ0v) is 30.6. The number of hydrogen-bond donors (Lipinski definition) is 0. The molecule has 0 aliphatic carbocycles. The molecule has 0 fully saturated rings. The van der Waals surface area contributed by atoms with Crippen molar-refractivity contribution in [3.05, 3.63) is 94.1 Å². The van der Waals surface area contributed by atoms with Crippen molar-refractivity contribution < 1.29 is 45.6 Å². The summed E-state index contributed by atoms with van der Waals surface area (Å²) in [7, 11) is 0. The molecule has 204 valence electrons. The Morgan fingerprint density at radius 2 is 0.564 bits per heavy atom. The van der Waals surface area contributed by atoms with Crippen LogP contribution in [0.1, 0.15) is 0 Å². The Hall–Kier alpha value is -2.87. The summed E-state index contributed by atoms with van der Waals surface area (Å²) in [5, 5.41) is 0. The van der Waals surface area contributed by atoms with Crippen molar-refractivity contribution in [1.82, 2.24) is 0 Å². The van der Waals surface area contributed by atoms with E-state index < -0.39 is 104 Å². The molecule has 0 radical (unpaired) electrons. The fourth-order valence-electron chi connectivity index (χ4n) is 1.98. The maximum absolute atomic E-state index is 12.0.